The van der Waals surface area contributed by atoms with E-state index in [-0.39, 0.29) is 29.4 Å². The van der Waals surface area contributed by atoms with Crippen LogP contribution in [0.5, 0.6) is 0 Å². The average Bonchev–Trinajstić information content (AvgIpc) is 2.85. The molecule has 23 heavy (non-hydrogen) atoms. The van der Waals surface area contributed by atoms with Gasteiger partial charge in [0.2, 0.25) is 0 Å². The smallest absolute Gasteiger partial charge is 0.110 e. The molecule has 124 valence electrons. The molecule has 4 aliphatic rings. The van der Waals surface area contributed by atoms with Crippen LogP contribution in [0.2, 0.25) is 0 Å². The van der Waals surface area contributed by atoms with Gasteiger partial charge in [-0.15, -0.1) is 0 Å². The first kappa shape index (κ1) is 14.3. The second kappa shape index (κ2) is 4.50. The van der Waals surface area contributed by atoms with Crippen molar-refractivity contribution in [2.75, 3.05) is 18.5 Å². The number of rotatable bonds is 1. The number of benzene rings is 1. The molecule has 0 radical (unpaired) electrons. The van der Waals surface area contributed by atoms with Gasteiger partial charge in [0.15, 0.2) is 0 Å². The minimum Gasteiger partial charge on any atom is -0.392 e. The van der Waals surface area contributed by atoms with Gasteiger partial charge in [-0.05, 0) is 36.8 Å². The lowest BCUT2D eigenvalue weighted by atomic mass is 9.52. The summed E-state index contributed by atoms with van der Waals surface area (Å²) < 4.78 is 0. The van der Waals surface area contributed by atoms with Crippen molar-refractivity contribution >= 4 is 5.69 Å². The van der Waals surface area contributed by atoms with E-state index in [4.69, 9.17) is 0 Å². The number of anilines is 1. The predicted octanol–water partition coefficient (Wildman–Crippen LogP) is 1.56. The molecule has 7 unspecified atom stereocenters. The SMILES string of the molecule is CCC1C2CC3C4N(C)c5ccccc5C4(CCN3C1O)C2O. The topological polar surface area (TPSA) is 46.9 Å². The van der Waals surface area contributed by atoms with E-state index in [1.54, 1.807) is 0 Å². The molecule has 3 bridgehead atoms. The van der Waals surface area contributed by atoms with Crippen LogP contribution in [0.1, 0.15) is 31.7 Å². The quantitative estimate of drug-likeness (QED) is 0.826. The molecule has 3 aliphatic heterocycles. The minimum absolute atomic E-state index is 0.150. The highest BCUT2D eigenvalue weighted by molar-refractivity contribution is 5.66. The summed E-state index contributed by atoms with van der Waals surface area (Å²) in [5, 5.41) is 22.4. The van der Waals surface area contributed by atoms with Crippen molar-refractivity contribution in [3.8, 4) is 0 Å². The minimum atomic E-state index is -0.395. The highest BCUT2D eigenvalue weighted by atomic mass is 16.3. The lowest BCUT2D eigenvalue weighted by Crippen LogP contribution is -2.76. The van der Waals surface area contributed by atoms with E-state index in [1.165, 1.54) is 11.3 Å². The molecule has 4 heteroatoms. The maximum absolute atomic E-state index is 11.5. The average molecular weight is 314 g/mol. The Kier molecular flexibility index (Phi) is 2.79. The van der Waals surface area contributed by atoms with Gasteiger partial charge in [0, 0.05) is 36.7 Å². The number of hydrogen-bond acceptors (Lipinski definition) is 4. The summed E-state index contributed by atoms with van der Waals surface area (Å²) in [6.07, 6.45) is 2.15. The zero-order chi connectivity index (χ0) is 15.9. The normalized spacial score (nSPS) is 47.6. The van der Waals surface area contributed by atoms with Crippen LogP contribution in [0.4, 0.5) is 5.69 Å². The van der Waals surface area contributed by atoms with Gasteiger partial charge < -0.3 is 15.1 Å². The molecule has 2 N–H and O–H groups in total. The first-order valence-electron chi connectivity index (χ1n) is 9.05. The number of fused-ring (bicyclic) bond motifs is 2. The van der Waals surface area contributed by atoms with E-state index in [9.17, 15) is 10.2 Å². The van der Waals surface area contributed by atoms with Crippen molar-refractivity contribution in [3.63, 3.8) is 0 Å². The van der Waals surface area contributed by atoms with Gasteiger partial charge in [-0.1, -0.05) is 25.1 Å². The molecule has 3 fully saturated rings. The second-order valence-electron chi connectivity index (χ2n) is 8.00. The number of para-hydroxylation sites is 1. The molecule has 0 amide bonds. The Morgan fingerprint density at radius 3 is 2.83 bits per heavy atom. The largest absolute Gasteiger partial charge is 0.392 e. The van der Waals surface area contributed by atoms with Crippen molar-refractivity contribution in [1.29, 1.82) is 0 Å². The van der Waals surface area contributed by atoms with E-state index >= 15 is 0 Å². The third-order valence-corrected chi connectivity index (χ3v) is 7.50. The van der Waals surface area contributed by atoms with Crippen molar-refractivity contribution in [2.45, 2.75) is 56.0 Å². The Morgan fingerprint density at radius 1 is 1.26 bits per heavy atom. The second-order valence-corrected chi connectivity index (χ2v) is 8.00. The first-order valence-corrected chi connectivity index (χ1v) is 9.05. The Labute approximate surface area is 137 Å². The fraction of sp³-hybridized carbons (Fsp3) is 0.684. The monoisotopic (exact) mass is 314 g/mol. The van der Waals surface area contributed by atoms with Crippen molar-refractivity contribution in [3.05, 3.63) is 29.8 Å². The van der Waals surface area contributed by atoms with Gasteiger partial charge in [0.1, 0.15) is 6.23 Å². The van der Waals surface area contributed by atoms with Gasteiger partial charge in [-0.3, -0.25) is 4.90 Å². The number of aliphatic hydroxyl groups excluding tert-OH is 2. The van der Waals surface area contributed by atoms with E-state index in [1.807, 2.05) is 0 Å². The fourth-order valence-electron chi connectivity index (χ4n) is 6.63. The Morgan fingerprint density at radius 2 is 2.04 bits per heavy atom. The molecule has 0 spiro atoms. The molecule has 1 aromatic carbocycles. The van der Waals surface area contributed by atoms with Crippen LogP contribution in [0, 0.1) is 11.8 Å². The number of likely N-dealkylation sites (N-methyl/N-ethyl adjacent to an activating group) is 1. The fourth-order valence-corrected chi connectivity index (χ4v) is 6.63. The highest BCUT2D eigenvalue weighted by Crippen LogP contribution is 2.61. The van der Waals surface area contributed by atoms with Gasteiger partial charge >= 0.3 is 0 Å². The molecule has 4 nitrogen and oxygen atoms in total. The van der Waals surface area contributed by atoms with Crippen molar-refractivity contribution in [1.82, 2.24) is 4.90 Å². The van der Waals surface area contributed by atoms with Crippen LogP contribution in [0.25, 0.3) is 0 Å². The molecule has 7 atom stereocenters. The molecule has 1 aliphatic carbocycles. The lowest BCUT2D eigenvalue weighted by molar-refractivity contribution is -0.212. The maximum atomic E-state index is 11.5. The van der Waals surface area contributed by atoms with Crippen LogP contribution < -0.4 is 4.90 Å². The molecular weight excluding hydrogens is 288 g/mol. The van der Waals surface area contributed by atoms with Gasteiger partial charge in [0.05, 0.1) is 12.1 Å². The Bertz CT molecular complexity index is 650. The summed E-state index contributed by atoms with van der Waals surface area (Å²) in [7, 11) is 2.17. The predicted molar refractivity (Wildman–Crippen MR) is 89.3 cm³/mol. The summed E-state index contributed by atoms with van der Waals surface area (Å²) >= 11 is 0. The Balaban J connectivity index is 1.73. The number of piperidine rings is 2. The summed E-state index contributed by atoms with van der Waals surface area (Å²) in [5.74, 6) is 0.407. The van der Waals surface area contributed by atoms with Gasteiger partial charge in [-0.2, -0.15) is 0 Å². The van der Waals surface area contributed by atoms with Gasteiger partial charge in [-0.25, -0.2) is 0 Å². The zero-order valence-electron chi connectivity index (χ0n) is 13.9. The summed E-state index contributed by atoms with van der Waals surface area (Å²) in [5.41, 5.74) is 2.46. The molecule has 0 aromatic heterocycles. The van der Waals surface area contributed by atoms with Crippen LogP contribution in [-0.4, -0.2) is 53.1 Å². The van der Waals surface area contributed by atoms with Crippen molar-refractivity contribution in [2.24, 2.45) is 11.8 Å². The van der Waals surface area contributed by atoms with E-state index in [0.717, 1.165) is 25.8 Å². The highest BCUT2D eigenvalue weighted by Gasteiger charge is 2.68. The zero-order valence-corrected chi connectivity index (χ0v) is 13.9. The molecule has 2 saturated heterocycles. The first-order chi connectivity index (χ1) is 11.1. The number of hydrogen-bond donors (Lipinski definition) is 2. The summed E-state index contributed by atoms with van der Waals surface area (Å²) in [4.78, 5) is 4.71. The van der Waals surface area contributed by atoms with E-state index in [2.05, 4.69) is 48.0 Å². The molecule has 1 saturated carbocycles. The van der Waals surface area contributed by atoms with Crippen LogP contribution in [-0.2, 0) is 5.41 Å². The van der Waals surface area contributed by atoms with Crippen LogP contribution >= 0.6 is 0 Å². The molecular formula is C19H26N2O2. The van der Waals surface area contributed by atoms with E-state index < -0.39 is 6.23 Å². The molecule has 3 heterocycles. The number of aliphatic hydroxyl groups is 2. The third-order valence-electron chi connectivity index (χ3n) is 7.50. The Hall–Kier alpha value is -1.10. The third kappa shape index (κ3) is 1.44. The standard InChI is InChI=1S/C19H26N2O2/c1-3-11-12-10-15-16-19(17(12)22,8-9-21(15)18(11)23)13-6-4-5-7-14(13)20(16)2/h4-7,11-12,15-18,22-23H,3,8-10H2,1-2H3. The maximum Gasteiger partial charge on any atom is 0.110 e. The molecule has 1 aromatic rings. The van der Waals surface area contributed by atoms with Crippen molar-refractivity contribution < 1.29 is 10.2 Å². The van der Waals surface area contributed by atoms with Gasteiger partial charge in [0.25, 0.3) is 0 Å². The van der Waals surface area contributed by atoms with Crippen LogP contribution in [0.15, 0.2) is 24.3 Å². The van der Waals surface area contributed by atoms with E-state index in [0.29, 0.717) is 6.04 Å². The summed E-state index contributed by atoms with van der Waals surface area (Å²) in [6.45, 7) is 3.04. The molecule has 5 rings (SSSR count). The summed E-state index contributed by atoms with van der Waals surface area (Å²) in [6, 6.07) is 9.26. The number of nitrogens with zero attached hydrogens (tertiary/aromatic N) is 2. The van der Waals surface area contributed by atoms with Crippen LogP contribution in [0.3, 0.4) is 0 Å². The lowest BCUT2D eigenvalue weighted by Gasteiger charge is -2.65.